The number of ether oxygens (including phenoxy) is 1. The average molecular weight is 332 g/mol. The van der Waals surface area contributed by atoms with Crippen molar-refractivity contribution < 1.29 is 4.74 Å². The normalized spacial score (nSPS) is 23.1. The molecule has 0 radical (unpaired) electrons. The molecule has 0 unspecified atom stereocenters. The van der Waals surface area contributed by atoms with Gasteiger partial charge in [0.2, 0.25) is 0 Å². The van der Waals surface area contributed by atoms with Crippen LogP contribution in [0.3, 0.4) is 0 Å². The van der Waals surface area contributed by atoms with Crippen molar-refractivity contribution in [2.75, 3.05) is 13.7 Å². The van der Waals surface area contributed by atoms with Crippen LogP contribution in [0.1, 0.15) is 82.8 Å². The molecule has 3 atom stereocenters. The minimum Gasteiger partial charge on any atom is -0.497 e. The first kappa shape index (κ1) is 19.3. The van der Waals surface area contributed by atoms with Gasteiger partial charge in [0.05, 0.1) is 7.11 Å². The Kier molecular flexibility index (Phi) is 8.11. The summed E-state index contributed by atoms with van der Waals surface area (Å²) in [5.74, 6) is 2.41. The SMILES string of the molecule is CCCCCN[C@H]1[C@@H](CCC)Cc2ccc(OC)cc2[C@H]1CCC. The lowest BCUT2D eigenvalue weighted by molar-refractivity contribution is 0.257. The maximum absolute atomic E-state index is 5.51. The molecule has 0 heterocycles. The summed E-state index contributed by atoms with van der Waals surface area (Å²) in [4.78, 5) is 0. The largest absolute Gasteiger partial charge is 0.497 e. The third-order valence-corrected chi connectivity index (χ3v) is 5.60. The molecule has 136 valence electrons. The Morgan fingerprint density at radius 1 is 1.04 bits per heavy atom. The van der Waals surface area contributed by atoms with Gasteiger partial charge in [-0.15, -0.1) is 0 Å². The molecule has 0 aromatic heterocycles. The summed E-state index contributed by atoms with van der Waals surface area (Å²) >= 11 is 0. The van der Waals surface area contributed by atoms with Crippen molar-refractivity contribution in [3.63, 3.8) is 0 Å². The molecular weight excluding hydrogens is 294 g/mol. The quantitative estimate of drug-likeness (QED) is 0.555. The lowest BCUT2D eigenvalue weighted by atomic mass is 9.70. The Balaban J connectivity index is 2.24. The molecule has 0 saturated heterocycles. The van der Waals surface area contributed by atoms with E-state index in [1.54, 1.807) is 12.7 Å². The van der Waals surface area contributed by atoms with Gasteiger partial charge in [0.25, 0.3) is 0 Å². The maximum Gasteiger partial charge on any atom is 0.119 e. The van der Waals surface area contributed by atoms with E-state index in [1.807, 2.05) is 0 Å². The average Bonchev–Trinajstić information content (AvgIpc) is 2.60. The van der Waals surface area contributed by atoms with Gasteiger partial charge < -0.3 is 10.1 Å². The van der Waals surface area contributed by atoms with Crippen molar-refractivity contribution in [2.45, 2.75) is 84.1 Å². The molecule has 0 spiro atoms. The van der Waals surface area contributed by atoms with Gasteiger partial charge >= 0.3 is 0 Å². The van der Waals surface area contributed by atoms with E-state index in [0.29, 0.717) is 12.0 Å². The van der Waals surface area contributed by atoms with Gasteiger partial charge in [0.15, 0.2) is 0 Å². The first-order chi connectivity index (χ1) is 11.7. The lowest BCUT2D eigenvalue weighted by Crippen LogP contribution is -2.45. The Morgan fingerprint density at radius 2 is 1.83 bits per heavy atom. The van der Waals surface area contributed by atoms with Gasteiger partial charge in [-0.1, -0.05) is 52.5 Å². The molecule has 2 rings (SSSR count). The molecule has 24 heavy (non-hydrogen) atoms. The fourth-order valence-corrected chi connectivity index (χ4v) is 4.41. The van der Waals surface area contributed by atoms with Gasteiger partial charge in [-0.25, -0.2) is 0 Å². The summed E-state index contributed by atoms with van der Waals surface area (Å²) in [6, 6.07) is 7.38. The summed E-state index contributed by atoms with van der Waals surface area (Å²) in [6.45, 7) is 8.09. The third-order valence-electron chi connectivity index (χ3n) is 5.60. The molecule has 2 nitrogen and oxygen atoms in total. The molecule has 1 aliphatic rings. The minimum absolute atomic E-state index is 0.626. The van der Waals surface area contributed by atoms with Crippen molar-refractivity contribution in [3.05, 3.63) is 29.3 Å². The third kappa shape index (κ3) is 4.75. The molecule has 0 amide bonds. The zero-order valence-corrected chi connectivity index (χ0v) is 16.2. The Labute approximate surface area is 149 Å². The van der Waals surface area contributed by atoms with E-state index in [1.165, 1.54) is 56.9 Å². The van der Waals surface area contributed by atoms with Gasteiger partial charge in [-0.2, -0.15) is 0 Å². The van der Waals surface area contributed by atoms with Crippen LogP contribution in [-0.4, -0.2) is 19.7 Å². The second kappa shape index (κ2) is 10.1. The van der Waals surface area contributed by atoms with Crippen molar-refractivity contribution in [3.8, 4) is 5.75 Å². The number of benzene rings is 1. The molecule has 2 heteroatoms. The predicted molar refractivity (Wildman–Crippen MR) is 104 cm³/mol. The molecular formula is C22H37NO. The fourth-order valence-electron chi connectivity index (χ4n) is 4.41. The standard InChI is InChI=1S/C22H37NO/c1-5-8-9-14-23-22-18(10-6-2)15-17-12-13-19(24-4)16-21(17)20(22)11-7-3/h12-13,16,18,20,22-23H,5-11,14-15H2,1-4H3/t18-,20+,22-/m0/s1. The summed E-state index contributed by atoms with van der Waals surface area (Å²) in [6.07, 6.45) is 10.3. The van der Waals surface area contributed by atoms with E-state index in [4.69, 9.17) is 4.74 Å². The maximum atomic E-state index is 5.51. The second-order valence-corrected chi connectivity index (χ2v) is 7.40. The highest BCUT2D eigenvalue weighted by atomic mass is 16.5. The number of hydrogen-bond acceptors (Lipinski definition) is 2. The lowest BCUT2D eigenvalue weighted by Gasteiger charge is -2.41. The van der Waals surface area contributed by atoms with Crippen molar-refractivity contribution in [1.82, 2.24) is 5.32 Å². The molecule has 1 aromatic rings. The number of fused-ring (bicyclic) bond motifs is 1. The van der Waals surface area contributed by atoms with E-state index < -0.39 is 0 Å². The van der Waals surface area contributed by atoms with Crippen molar-refractivity contribution in [2.24, 2.45) is 5.92 Å². The van der Waals surface area contributed by atoms with Crippen molar-refractivity contribution >= 4 is 0 Å². The Hall–Kier alpha value is -1.02. The molecule has 1 N–H and O–H groups in total. The zero-order valence-electron chi connectivity index (χ0n) is 16.2. The van der Waals surface area contributed by atoms with Crippen LogP contribution in [0.25, 0.3) is 0 Å². The van der Waals surface area contributed by atoms with Crippen LogP contribution in [-0.2, 0) is 6.42 Å². The van der Waals surface area contributed by atoms with E-state index >= 15 is 0 Å². The first-order valence-electron chi connectivity index (χ1n) is 10.1. The summed E-state index contributed by atoms with van der Waals surface area (Å²) in [5.41, 5.74) is 3.09. The summed E-state index contributed by atoms with van der Waals surface area (Å²) in [7, 11) is 1.78. The van der Waals surface area contributed by atoms with Gasteiger partial charge in [-0.05, 0) is 67.3 Å². The summed E-state index contributed by atoms with van der Waals surface area (Å²) in [5, 5.41) is 3.96. The van der Waals surface area contributed by atoms with E-state index in [9.17, 15) is 0 Å². The summed E-state index contributed by atoms with van der Waals surface area (Å²) < 4.78 is 5.51. The van der Waals surface area contributed by atoms with E-state index in [0.717, 1.165) is 18.2 Å². The monoisotopic (exact) mass is 331 g/mol. The molecule has 0 fully saturated rings. The minimum atomic E-state index is 0.626. The van der Waals surface area contributed by atoms with Crippen LogP contribution < -0.4 is 10.1 Å². The van der Waals surface area contributed by atoms with Gasteiger partial charge in [0.1, 0.15) is 5.75 Å². The van der Waals surface area contributed by atoms with Gasteiger partial charge in [-0.3, -0.25) is 0 Å². The molecule has 1 aliphatic carbocycles. The number of methoxy groups -OCH3 is 1. The van der Waals surface area contributed by atoms with E-state index in [2.05, 4.69) is 44.3 Å². The first-order valence-corrected chi connectivity index (χ1v) is 10.1. The number of nitrogens with one attached hydrogen (secondary N) is 1. The second-order valence-electron chi connectivity index (χ2n) is 7.40. The highest BCUT2D eigenvalue weighted by Gasteiger charge is 2.35. The molecule has 0 bridgehead atoms. The number of hydrogen-bond donors (Lipinski definition) is 1. The molecule has 1 aromatic carbocycles. The smallest absolute Gasteiger partial charge is 0.119 e. The Bertz CT molecular complexity index is 485. The highest BCUT2D eigenvalue weighted by molar-refractivity contribution is 5.41. The molecule has 0 saturated carbocycles. The van der Waals surface area contributed by atoms with E-state index in [-0.39, 0.29) is 0 Å². The number of rotatable bonds is 10. The van der Waals surface area contributed by atoms with Crippen LogP contribution in [0.5, 0.6) is 5.75 Å². The molecule has 0 aliphatic heterocycles. The van der Waals surface area contributed by atoms with Crippen LogP contribution in [0.15, 0.2) is 18.2 Å². The van der Waals surface area contributed by atoms with Crippen LogP contribution >= 0.6 is 0 Å². The topological polar surface area (TPSA) is 21.3 Å². The predicted octanol–water partition coefficient (Wildman–Crippen LogP) is 5.70. The van der Waals surface area contributed by atoms with Gasteiger partial charge in [0, 0.05) is 6.04 Å². The Morgan fingerprint density at radius 3 is 2.50 bits per heavy atom. The fraction of sp³-hybridized carbons (Fsp3) is 0.727. The number of unbranched alkanes of at least 4 members (excludes halogenated alkanes) is 2. The highest BCUT2D eigenvalue weighted by Crippen LogP contribution is 2.41. The van der Waals surface area contributed by atoms with Crippen LogP contribution in [0.4, 0.5) is 0 Å². The van der Waals surface area contributed by atoms with Crippen LogP contribution in [0.2, 0.25) is 0 Å². The van der Waals surface area contributed by atoms with Crippen molar-refractivity contribution in [1.29, 1.82) is 0 Å². The zero-order chi connectivity index (χ0) is 17.4. The van der Waals surface area contributed by atoms with Crippen LogP contribution in [0, 0.1) is 5.92 Å².